The molecule has 1 saturated heterocycles. The Labute approximate surface area is 183 Å². The van der Waals surface area contributed by atoms with Crippen molar-refractivity contribution in [1.82, 2.24) is 4.90 Å². The molecule has 3 amide bonds. The first kappa shape index (κ1) is 22.5. The lowest BCUT2D eigenvalue weighted by molar-refractivity contribution is -0.123. The SMILES string of the molecule is CC(N)C(=O)N(CC(=O)N(C)c1ccccc1)c1ccccc1C(=O)N1CCCCC1. The third kappa shape index (κ3) is 5.30. The second kappa shape index (κ2) is 10.2. The Morgan fingerprint density at radius 2 is 1.58 bits per heavy atom. The van der Waals surface area contributed by atoms with E-state index in [0.29, 0.717) is 24.3 Å². The van der Waals surface area contributed by atoms with Gasteiger partial charge in [-0.2, -0.15) is 0 Å². The van der Waals surface area contributed by atoms with Crippen molar-refractivity contribution in [1.29, 1.82) is 0 Å². The Morgan fingerprint density at radius 1 is 0.968 bits per heavy atom. The second-order valence-electron chi connectivity index (χ2n) is 7.87. The Hall–Kier alpha value is -3.19. The van der Waals surface area contributed by atoms with E-state index in [9.17, 15) is 14.4 Å². The predicted octanol–water partition coefficient (Wildman–Crippen LogP) is 2.66. The largest absolute Gasteiger partial charge is 0.339 e. The Balaban J connectivity index is 1.91. The molecule has 1 aliphatic rings. The molecule has 0 aliphatic carbocycles. The Bertz CT molecular complexity index is 923. The van der Waals surface area contributed by atoms with E-state index in [2.05, 4.69) is 0 Å². The molecule has 2 N–H and O–H groups in total. The number of hydrogen-bond donors (Lipinski definition) is 1. The van der Waals surface area contributed by atoms with Crippen LogP contribution in [-0.4, -0.2) is 55.3 Å². The van der Waals surface area contributed by atoms with E-state index in [1.54, 1.807) is 38.2 Å². The molecule has 1 unspecified atom stereocenters. The molecule has 0 spiro atoms. The van der Waals surface area contributed by atoms with E-state index >= 15 is 0 Å². The molecule has 31 heavy (non-hydrogen) atoms. The molecule has 164 valence electrons. The van der Waals surface area contributed by atoms with Crippen LogP contribution >= 0.6 is 0 Å². The number of likely N-dealkylation sites (N-methyl/N-ethyl adjacent to an activating group) is 1. The van der Waals surface area contributed by atoms with Crippen LogP contribution in [-0.2, 0) is 9.59 Å². The summed E-state index contributed by atoms with van der Waals surface area (Å²) < 4.78 is 0. The number of nitrogens with two attached hydrogens (primary N) is 1. The van der Waals surface area contributed by atoms with Crippen LogP contribution in [0.3, 0.4) is 0 Å². The van der Waals surface area contributed by atoms with Gasteiger partial charge in [-0.3, -0.25) is 14.4 Å². The standard InChI is InChI=1S/C24H30N4O3/c1-18(25)23(30)28(17-22(29)26(2)19-11-5-3-6-12-19)21-14-8-7-13-20(21)24(31)27-15-9-4-10-16-27/h3,5-8,11-14,18H,4,9-10,15-17,25H2,1-2H3. The number of anilines is 2. The normalized spacial score (nSPS) is 14.6. The molecule has 0 bridgehead atoms. The van der Waals surface area contributed by atoms with Gasteiger partial charge in [0.05, 0.1) is 17.3 Å². The molecular weight excluding hydrogens is 392 g/mol. The number of amides is 3. The van der Waals surface area contributed by atoms with Gasteiger partial charge >= 0.3 is 0 Å². The van der Waals surface area contributed by atoms with Crippen LogP contribution in [0.4, 0.5) is 11.4 Å². The van der Waals surface area contributed by atoms with E-state index < -0.39 is 11.9 Å². The van der Waals surface area contributed by atoms with Gasteiger partial charge in [0.25, 0.3) is 5.91 Å². The van der Waals surface area contributed by atoms with Crippen molar-refractivity contribution in [3.63, 3.8) is 0 Å². The van der Waals surface area contributed by atoms with Crippen LogP contribution in [0, 0.1) is 0 Å². The molecule has 0 radical (unpaired) electrons. The monoisotopic (exact) mass is 422 g/mol. The van der Waals surface area contributed by atoms with E-state index in [-0.39, 0.29) is 18.4 Å². The highest BCUT2D eigenvalue weighted by Crippen LogP contribution is 2.25. The maximum Gasteiger partial charge on any atom is 0.255 e. The molecule has 7 nitrogen and oxygen atoms in total. The molecule has 1 atom stereocenters. The number of para-hydroxylation sites is 2. The quantitative estimate of drug-likeness (QED) is 0.775. The van der Waals surface area contributed by atoms with Gasteiger partial charge in [-0.25, -0.2) is 0 Å². The molecule has 2 aromatic rings. The minimum atomic E-state index is -0.812. The fourth-order valence-corrected chi connectivity index (χ4v) is 3.72. The van der Waals surface area contributed by atoms with Gasteiger partial charge in [-0.1, -0.05) is 30.3 Å². The van der Waals surface area contributed by atoms with Gasteiger partial charge in [0.1, 0.15) is 6.54 Å². The molecule has 0 saturated carbocycles. The summed E-state index contributed by atoms with van der Waals surface area (Å²) in [5.41, 5.74) is 7.44. The van der Waals surface area contributed by atoms with Crippen LogP contribution in [0.25, 0.3) is 0 Å². The van der Waals surface area contributed by atoms with Crippen LogP contribution in [0.2, 0.25) is 0 Å². The van der Waals surface area contributed by atoms with Gasteiger partial charge in [0.15, 0.2) is 0 Å². The summed E-state index contributed by atoms with van der Waals surface area (Å²) in [7, 11) is 1.66. The number of carbonyl (C=O) groups excluding carboxylic acids is 3. The number of benzene rings is 2. The first-order valence-corrected chi connectivity index (χ1v) is 10.7. The zero-order chi connectivity index (χ0) is 22.4. The van der Waals surface area contributed by atoms with Crippen molar-refractivity contribution in [3.8, 4) is 0 Å². The molecule has 3 rings (SSSR count). The van der Waals surface area contributed by atoms with Crippen molar-refractivity contribution in [2.45, 2.75) is 32.2 Å². The van der Waals surface area contributed by atoms with E-state index in [1.165, 1.54) is 9.80 Å². The second-order valence-corrected chi connectivity index (χ2v) is 7.87. The van der Waals surface area contributed by atoms with Gasteiger partial charge in [0.2, 0.25) is 11.8 Å². The molecule has 2 aromatic carbocycles. The average molecular weight is 423 g/mol. The lowest BCUT2D eigenvalue weighted by atomic mass is 10.1. The molecule has 7 heteroatoms. The number of likely N-dealkylation sites (tertiary alicyclic amines) is 1. The number of rotatable bonds is 6. The average Bonchev–Trinajstić information content (AvgIpc) is 2.82. The third-order valence-electron chi connectivity index (χ3n) is 5.54. The number of carbonyl (C=O) groups is 3. The summed E-state index contributed by atoms with van der Waals surface area (Å²) in [5, 5.41) is 0. The van der Waals surface area contributed by atoms with E-state index in [0.717, 1.165) is 24.9 Å². The predicted molar refractivity (Wildman–Crippen MR) is 122 cm³/mol. The van der Waals surface area contributed by atoms with Crippen molar-refractivity contribution in [3.05, 3.63) is 60.2 Å². The lowest BCUT2D eigenvalue weighted by Crippen LogP contribution is -2.48. The van der Waals surface area contributed by atoms with Gasteiger partial charge in [-0.05, 0) is 50.5 Å². The summed E-state index contributed by atoms with van der Waals surface area (Å²) in [6.45, 7) is 2.76. The molecular formula is C24H30N4O3. The number of nitrogens with zero attached hydrogens (tertiary/aromatic N) is 3. The molecule has 0 aromatic heterocycles. The van der Waals surface area contributed by atoms with E-state index in [4.69, 9.17) is 5.73 Å². The third-order valence-corrected chi connectivity index (χ3v) is 5.54. The minimum absolute atomic E-state index is 0.123. The van der Waals surface area contributed by atoms with E-state index in [1.807, 2.05) is 35.2 Å². The summed E-state index contributed by atoms with van der Waals surface area (Å²) >= 11 is 0. The lowest BCUT2D eigenvalue weighted by Gasteiger charge is -2.31. The van der Waals surface area contributed by atoms with Gasteiger partial charge in [-0.15, -0.1) is 0 Å². The maximum atomic E-state index is 13.2. The first-order valence-electron chi connectivity index (χ1n) is 10.7. The van der Waals surface area contributed by atoms with Crippen molar-refractivity contribution in [2.75, 3.05) is 36.5 Å². The van der Waals surface area contributed by atoms with Crippen molar-refractivity contribution in [2.24, 2.45) is 5.73 Å². The van der Waals surface area contributed by atoms with Gasteiger partial charge < -0.3 is 20.4 Å². The zero-order valence-electron chi connectivity index (χ0n) is 18.2. The van der Waals surface area contributed by atoms with Crippen LogP contribution < -0.4 is 15.5 Å². The Morgan fingerprint density at radius 3 is 2.23 bits per heavy atom. The molecule has 1 aliphatic heterocycles. The minimum Gasteiger partial charge on any atom is -0.339 e. The molecule has 1 fully saturated rings. The number of piperidine rings is 1. The topological polar surface area (TPSA) is 87.0 Å². The highest BCUT2D eigenvalue weighted by atomic mass is 16.2. The highest BCUT2D eigenvalue weighted by Gasteiger charge is 2.29. The molecule has 1 heterocycles. The smallest absolute Gasteiger partial charge is 0.255 e. The highest BCUT2D eigenvalue weighted by molar-refractivity contribution is 6.09. The fraction of sp³-hybridized carbons (Fsp3) is 0.375. The van der Waals surface area contributed by atoms with Crippen LogP contribution in [0.15, 0.2) is 54.6 Å². The van der Waals surface area contributed by atoms with Crippen LogP contribution in [0.1, 0.15) is 36.5 Å². The van der Waals surface area contributed by atoms with Gasteiger partial charge in [0, 0.05) is 25.8 Å². The van der Waals surface area contributed by atoms with Crippen molar-refractivity contribution >= 4 is 29.1 Å². The Kier molecular flexibility index (Phi) is 7.41. The van der Waals surface area contributed by atoms with Crippen LogP contribution in [0.5, 0.6) is 0 Å². The summed E-state index contributed by atoms with van der Waals surface area (Å²) in [6.07, 6.45) is 3.05. The van der Waals surface area contributed by atoms with Crippen molar-refractivity contribution < 1.29 is 14.4 Å². The first-order chi connectivity index (χ1) is 14.9. The fourth-order valence-electron chi connectivity index (χ4n) is 3.72. The summed E-state index contributed by atoms with van der Waals surface area (Å²) in [5.74, 6) is -0.809. The zero-order valence-corrected chi connectivity index (χ0v) is 18.2. The summed E-state index contributed by atoms with van der Waals surface area (Å²) in [6, 6.07) is 15.3. The maximum absolute atomic E-state index is 13.2. The summed E-state index contributed by atoms with van der Waals surface area (Å²) in [4.78, 5) is 43.9. The number of hydrogen-bond acceptors (Lipinski definition) is 4.